The standard InChI is InChI=1S/C54H50N2O13S5/c1-2-55-52(59)54(53(60)56-28-8-4-7-11-51(57)58)34-38(14-12-36-30-47(40-9-5-3-6-10-40)70-48(31-36)41-16-22-44(23-17-41)72(61,62)63)29-39(35-54)15-13-37-32-49(42-18-24-45(25-19-42)73(64,65)66)71-50(33-37)43-20-26-46(27-21-43)74(67,68)69/h3,5-6,9-10,12-27,29-33H,2,4,7-8,11,28,34-35H2,1H3,(H5-,55,56,57,58,59,60,61,62,63,64,65,66,67,68,69)/p+1. The Balaban J connectivity index is 1.34. The minimum absolute atomic E-state index is 0.00288. The van der Waals surface area contributed by atoms with Gasteiger partial charge in [-0.15, -0.1) is 0 Å². The summed E-state index contributed by atoms with van der Waals surface area (Å²) in [4.78, 5) is 42.2. The number of nitrogens with one attached hydrogen (secondary N) is 2. The minimum Gasteiger partial charge on any atom is -0.481 e. The average Bonchev–Trinajstić information content (AvgIpc) is 3.37. The van der Waals surface area contributed by atoms with Gasteiger partial charge in [-0.05, 0) is 139 Å². The number of carboxylic acids is 1. The number of carboxylic acid groups (broad SMARTS) is 1. The number of carbonyl (C=O) groups is 3. The highest BCUT2D eigenvalue weighted by molar-refractivity contribution is 8.16. The molecule has 0 bridgehead atoms. The predicted molar refractivity (Wildman–Crippen MR) is 288 cm³/mol. The molecule has 74 heavy (non-hydrogen) atoms. The molecule has 20 heteroatoms. The van der Waals surface area contributed by atoms with Gasteiger partial charge >= 0.3 is 5.97 Å². The van der Waals surface area contributed by atoms with Gasteiger partial charge in [0.1, 0.15) is 5.41 Å². The Bertz CT molecular complexity index is 3400. The molecule has 1 aliphatic carbocycles. The topological polar surface area (TPSA) is 259 Å². The quantitative estimate of drug-likeness (QED) is 0.0195. The van der Waals surface area contributed by atoms with Crippen LogP contribution in [0.4, 0.5) is 0 Å². The number of carbonyl (C=O) groups excluding carboxylic acids is 2. The highest BCUT2D eigenvalue weighted by atomic mass is 32.2. The number of rotatable bonds is 19. The Kier molecular flexibility index (Phi) is 17.7. The van der Waals surface area contributed by atoms with Crippen molar-refractivity contribution in [1.82, 2.24) is 10.6 Å². The molecule has 5 aromatic rings. The molecule has 1 aliphatic heterocycles. The van der Waals surface area contributed by atoms with Crippen molar-refractivity contribution < 1.29 is 58.4 Å². The molecule has 6 N–H and O–H groups in total. The van der Waals surface area contributed by atoms with E-state index in [9.17, 15) is 53.3 Å². The molecule has 0 saturated heterocycles. The first kappa shape index (κ1) is 55.1. The van der Waals surface area contributed by atoms with Crippen LogP contribution in [0, 0.1) is 5.41 Å². The summed E-state index contributed by atoms with van der Waals surface area (Å²) < 4.78 is 100. The number of allylic oxidation sites excluding steroid dienone is 9. The summed E-state index contributed by atoms with van der Waals surface area (Å²) in [5.41, 5.74) is 3.76. The van der Waals surface area contributed by atoms with Crippen molar-refractivity contribution in [1.29, 1.82) is 0 Å². The molecule has 1 atom stereocenters. The predicted octanol–water partition coefficient (Wildman–Crippen LogP) is 10.4. The first-order valence-electron chi connectivity index (χ1n) is 23.1. The lowest BCUT2D eigenvalue weighted by Crippen LogP contribution is -2.52. The third kappa shape index (κ3) is 14.4. The molecule has 4 aromatic carbocycles. The van der Waals surface area contributed by atoms with Gasteiger partial charge < -0.3 is 15.7 Å². The summed E-state index contributed by atoms with van der Waals surface area (Å²) in [5.74, 6) is -1.92. The van der Waals surface area contributed by atoms with E-state index in [1.807, 2.05) is 72.8 Å². The van der Waals surface area contributed by atoms with Crippen LogP contribution in [0.1, 0.15) is 62.1 Å². The lowest BCUT2D eigenvalue weighted by Gasteiger charge is -2.35. The second kappa shape index (κ2) is 23.7. The van der Waals surface area contributed by atoms with Gasteiger partial charge in [-0.2, -0.15) is 25.3 Å². The van der Waals surface area contributed by atoms with Crippen molar-refractivity contribution in [2.24, 2.45) is 5.41 Å². The van der Waals surface area contributed by atoms with E-state index >= 15 is 0 Å². The molecule has 1 aromatic heterocycles. The first-order chi connectivity index (χ1) is 35.1. The lowest BCUT2D eigenvalue weighted by molar-refractivity contribution is -0.144. The summed E-state index contributed by atoms with van der Waals surface area (Å²) in [5, 5.41) is 14.9. The van der Waals surface area contributed by atoms with Crippen LogP contribution in [0.5, 0.6) is 0 Å². The fourth-order valence-electron chi connectivity index (χ4n) is 8.20. The maximum absolute atomic E-state index is 14.6. The number of amides is 2. The molecule has 0 fully saturated rings. The van der Waals surface area contributed by atoms with Crippen LogP contribution >= 0.6 is 23.1 Å². The highest BCUT2D eigenvalue weighted by Gasteiger charge is 2.47. The van der Waals surface area contributed by atoms with Crippen LogP contribution in [0.2, 0.25) is 0 Å². The van der Waals surface area contributed by atoms with Crippen LogP contribution in [0.3, 0.4) is 0 Å². The normalized spacial score (nSPS) is 16.8. The Hall–Kier alpha value is -6.62. The van der Waals surface area contributed by atoms with Crippen molar-refractivity contribution in [3.8, 4) is 20.9 Å². The van der Waals surface area contributed by atoms with Crippen LogP contribution in [-0.4, -0.2) is 74.9 Å². The number of aliphatic carboxylic acids is 1. The van der Waals surface area contributed by atoms with Crippen molar-refractivity contribution >= 4 is 87.1 Å². The van der Waals surface area contributed by atoms with Gasteiger partial charge in [-0.1, -0.05) is 91.0 Å². The third-order valence-corrected chi connectivity index (χ3v) is 16.8. The third-order valence-electron chi connectivity index (χ3n) is 11.9. The molecule has 2 amide bonds. The van der Waals surface area contributed by atoms with Crippen molar-refractivity contribution in [3.63, 3.8) is 0 Å². The fraction of sp³-hybridized carbons (Fsp3) is 0.185. The molecule has 0 saturated carbocycles. The monoisotopic (exact) mass is 1100 g/mol. The zero-order valence-corrected chi connectivity index (χ0v) is 43.8. The second-order valence-electron chi connectivity index (χ2n) is 17.3. The molecular weight excluding hydrogens is 1040 g/mol. The van der Waals surface area contributed by atoms with E-state index in [1.165, 1.54) is 83.8 Å². The molecule has 2 aliphatic rings. The van der Waals surface area contributed by atoms with E-state index in [4.69, 9.17) is 5.11 Å². The summed E-state index contributed by atoms with van der Waals surface area (Å²) in [6.07, 6.45) is 14.3. The highest BCUT2D eigenvalue weighted by Crippen LogP contribution is 2.45. The van der Waals surface area contributed by atoms with Gasteiger partial charge in [-0.3, -0.25) is 28.0 Å². The number of hydrogen-bond acceptors (Lipinski definition) is 10. The molecular formula is C54H51N2O13S5+. The van der Waals surface area contributed by atoms with Gasteiger partial charge in [-0.25, -0.2) is 0 Å². The van der Waals surface area contributed by atoms with E-state index in [1.54, 1.807) is 31.2 Å². The van der Waals surface area contributed by atoms with E-state index < -0.39 is 53.6 Å². The van der Waals surface area contributed by atoms with E-state index in [0.29, 0.717) is 62.5 Å². The molecule has 0 radical (unpaired) electrons. The Morgan fingerprint density at radius 1 is 0.608 bits per heavy atom. The second-order valence-corrected chi connectivity index (χ2v) is 23.8. The molecule has 15 nitrogen and oxygen atoms in total. The Morgan fingerprint density at radius 2 is 1.11 bits per heavy atom. The maximum Gasteiger partial charge on any atom is 0.303 e. The van der Waals surface area contributed by atoms with Gasteiger partial charge in [0.25, 0.3) is 30.4 Å². The summed E-state index contributed by atoms with van der Waals surface area (Å²) in [6, 6.07) is 30.7. The SMILES string of the molecule is CCNC(=O)C1(C(=O)NCCCCCC(=O)O)CC(/C=C/c2cc(-c3ccccc3)[s+]c(-c3ccc(S(=O)(=O)O)cc3)c2)=CC(=C/C=C2C=C(c3ccc(S(=O)(=O)O)cc3)SC(c3ccc(S(=O)(=O)O)cc3)=C2)/C1. The van der Waals surface area contributed by atoms with Crippen molar-refractivity contribution in [2.75, 3.05) is 13.1 Å². The number of thioether (sulfide) groups is 1. The van der Waals surface area contributed by atoms with Crippen molar-refractivity contribution in [2.45, 2.75) is 60.1 Å². The van der Waals surface area contributed by atoms with Gasteiger partial charge in [0, 0.05) is 52.6 Å². The summed E-state index contributed by atoms with van der Waals surface area (Å²) in [6.45, 7) is 2.19. The molecule has 384 valence electrons. The van der Waals surface area contributed by atoms with E-state index in [2.05, 4.69) is 10.6 Å². The Morgan fingerprint density at radius 3 is 1.61 bits per heavy atom. The van der Waals surface area contributed by atoms with Gasteiger partial charge in [0.2, 0.25) is 32.9 Å². The van der Waals surface area contributed by atoms with E-state index in [0.717, 1.165) is 20.9 Å². The molecule has 7 rings (SSSR count). The van der Waals surface area contributed by atoms with Crippen LogP contribution < -0.4 is 10.6 Å². The maximum atomic E-state index is 14.6. The lowest BCUT2D eigenvalue weighted by atomic mass is 9.70. The summed E-state index contributed by atoms with van der Waals surface area (Å²) >= 11 is 2.78. The zero-order chi connectivity index (χ0) is 53.3. The van der Waals surface area contributed by atoms with Crippen LogP contribution in [0.15, 0.2) is 183 Å². The van der Waals surface area contributed by atoms with Crippen molar-refractivity contribution in [3.05, 3.63) is 185 Å². The Labute approximate surface area is 438 Å². The number of benzene rings is 4. The van der Waals surface area contributed by atoms with E-state index in [-0.39, 0.29) is 47.0 Å². The van der Waals surface area contributed by atoms with Crippen LogP contribution in [-0.2, 0) is 44.7 Å². The van der Waals surface area contributed by atoms with Gasteiger partial charge in [0.05, 0.1) is 14.7 Å². The molecule has 0 spiro atoms. The number of hydrogen-bond donors (Lipinski definition) is 6. The molecule has 1 unspecified atom stereocenters. The zero-order valence-electron chi connectivity index (χ0n) is 39.7. The first-order valence-corrected chi connectivity index (χ1v) is 29.0. The fourth-order valence-corrected chi connectivity index (χ4v) is 11.9. The largest absolute Gasteiger partial charge is 0.481 e. The summed E-state index contributed by atoms with van der Waals surface area (Å²) in [7, 11) is -13.4. The minimum atomic E-state index is -4.48. The van der Waals surface area contributed by atoms with Gasteiger partial charge in [0.15, 0.2) is 0 Å². The van der Waals surface area contributed by atoms with Crippen LogP contribution in [0.25, 0.3) is 36.8 Å². The smallest absolute Gasteiger partial charge is 0.303 e. The number of unbranched alkanes of at least 4 members (excludes halogenated alkanes) is 2. The molecule has 2 heterocycles. The average molecular weight is 1100 g/mol.